The van der Waals surface area contributed by atoms with Crippen molar-refractivity contribution in [1.82, 2.24) is 14.8 Å². The molecule has 6 heteroatoms. The molecule has 0 spiro atoms. The highest BCUT2D eigenvalue weighted by molar-refractivity contribution is 6.06. The van der Waals surface area contributed by atoms with E-state index < -0.39 is 0 Å². The van der Waals surface area contributed by atoms with E-state index in [2.05, 4.69) is 10.1 Å². The number of amides is 1. The molecule has 0 saturated carbocycles. The fourth-order valence-corrected chi connectivity index (χ4v) is 3.24. The average Bonchev–Trinajstić information content (AvgIpc) is 3.12. The van der Waals surface area contributed by atoms with Gasteiger partial charge >= 0.3 is 0 Å². The summed E-state index contributed by atoms with van der Waals surface area (Å²) in [6.07, 6.45) is 1.57. The van der Waals surface area contributed by atoms with E-state index in [0.29, 0.717) is 28.6 Å². The van der Waals surface area contributed by atoms with E-state index in [1.54, 1.807) is 35.0 Å². The molecule has 2 aromatic heterocycles. The number of nitrogens with zero attached hydrogens (tertiary/aromatic N) is 4. The number of rotatable bonds is 5. The van der Waals surface area contributed by atoms with Crippen LogP contribution in [0.4, 0.5) is 5.69 Å². The van der Waals surface area contributed by atoms with Crippen molar-refractivity contribution in [3.05, 3.63) is 95.9 Å². The van der Waals surface area contributed by atoms with E-state index in [1.165, 1.54) is 0 Å². The highest BCUT2D eigenvalue weighted by Crippen LogP contribution is 2.32. The Morgan fingerprint density at radius 1 is 0.967 bits per heavy atom. The van der Waals surface area contributed by atoms with Gasteiger partial charge in [0.05, 0.1) is 16.9 Å². The maximum Gasteiger partial charge on any atom is 0.259 e. The van der Waals surface area contributed by atoms with Crippen LogP contribution in [0.3, 0.4) is 0 Å². The average molecular weight is 398 g/mol. The molecule has 0 saturated heterocycles. The van der Waals surface area contributed by atoms with E-state index in [4.69, 9.17) is 4.74 Å². The van der Waals surface area contributed by atoms with Crippen LogP contribution in [0.15, 0.2) is 79.0 Å². The Labute approximate surface area is 175 Å². The van der Waals surface area contributed by atoms with E-state index >= 15 is 0 Å². The summed E-state index contributed by atoms with van der Waals surface area (Å²) in [5.41, 5.74) is 3.07. The third kappa shape index (κ3) is 3.93. The Morgan fingerprint density at radius 3 is 2.37 bits per heavy atom. The van der Waals surface area contributed by atoms with E-state index in [9.17, 15) is 4.79 Å². The molecule has 0 fully saturated rings. The van der Waals surface area contributed by atoms with Crippen molar-refractivity contribution < 1.29 is 9.53 Å². The first-order valence-corrected chi connectivity index (χ1v) is 9.62. The third-order valence-corrected chi connectivity index (χ3v) is 4.72. The zero-order valence-corrected chi connectivity index (χ0v) is 17.1. The first-order valence-electron chi connectivity index (χ1n) is 9.62. The van der Waals surface area contributed by atoms with E-state index in [0.717, 1.165) is 11.4 Å². The third-order valence-electron chi connectivity index (χ3n) is 4.72. The standard InChI is InChI=1S/C24H22N4O2/c1-17-15-18(2)28(26-17)23-14-13-19(16-25-23)24(29)27(3)21-11-7-8-12-22(21)30-20-9-5-4-6-10-20/h4-16H,1-3H3. The van der Waals surface area contributed by atoms with Crippen LogP contribution in [0, 0.1) is 13.8 Å². The number of ether oxygens (including phenoxy) is 1. The van der Waals surface area contributed by atoms with Gasteiger partial charge in [0.15, 0.2) is 11.6 Å². The largest absolute Gasteiger partial charge is 0.455 e. The summed E-state index contributed by atoms with van der Waals surface area (Å²) >= 11 is 0. The summed E-state index contributed by atoms with van der Waals surface area (Å²) in [5, 5.41) is 4.43. The van der Waals surface area contributed by atoms with Gasteiger partial charge in [0, 0.05) is 18.9 Å². The first kappa shape index (κ1) is 19.4. The zero-order chi connectivity index (χ0) is 21.1. The molecule has 6 nitrogen and oxygen atoms in total. The lowest BCUT2D eigenvalue weighted by atomic mass is 10.2. The summed E-state index contributed by atoms with van der Waals surface area (Å²) < 4.78 is 7.75. The molecule has 0 radical (unpaired) electrons. The van der Waals surface area contributed by atoms with Gasteiger partial charge in [0.2, 0.25) is 0 Å². The minimum atomic E-state index is -0.175. The van der Waals surface area contributed by atoms with Crippen LogP contribution in [0.25, 0.3) is 5.82 Å². The second-order valence-electron chi connectivity index (χ2n) is 6.99. The maximum absolute atomic E-state index is 13.1. The number of hydrogen-bond donors (Lipinski definition) is 0. The second kappa shape index (κ2) is 8.21. The number of anilines is 1. The normalized spacial score (nSPS) is 10.6. The molecule has 0 unspecified atom stereocenters. The molecule has 4 rings (SSSR count). The Morgan fingerprint density at radius 2 is 1.70 bits per heavy atom. The summed E-state index contributed by atoms with van der Waals surface area (Å²) in [5.74, 6) is 1.81. The maximum atomic E-state index is 13.1. The topological polar surface area (TPSA) is 60.2 Å². The number of carbonyl (C=O) groups excluding carboxylic acids is 1. The van der Waals surface area contributed by atoms with Crippen LogP contribution in [0.1, 0.15) is 21.7 Å². The molecular formula is C24H22N4O2. The second-order valence-corrected chi connectivity index (χ2v) is 6.99. The van der Waals surface area contributed by atoms with Crippen molar-refractivity contribution >= 4 is 11.6 Å². The van der Waals surface area contributed by atoms with Gasteiger partial charge in [-0.25, -0.2) is 9.67 Å². The Hall–Kier alpha value is -3.93. The minimum Gasteiger partial charge on any atom is -0.455 e. The molecule has 0 atom stereocenters. The summed E-state index contributed by atoms with van der Waals surface area (Å²) in [4.78, 5) is 19.1. The van der Waals surface area contributed by atoms with Crippen LogP contribution in [-0.4, -0.2) is 27.7 Å². The molecule has 2 heterocycles. The molecule has 0 aliphatic carbocycles. The van der Waals surface area contributed by atoms with Crippen molar-refractivity contribution in [2.24, 2.45) is 0 Å². The lowest BCUT2D eigenvalue weighted by Gasteiger charge is -2.20. The van der Waals surface area contributed by atoms with Crippen LogP contribution >= 0.6 is 0 Å². The van der Waals surface area contributed by atoms with Gasteiger partial charge in [-0.2, -0.15) is 5.10 Å². The van der Waals surface area contributed by atoms with Crippen LogP contribution in [-0.2, 0) is 0 Å². The SMILES string of the molecule is Cc1cc(C)n(-c2ccc(C(=O)N(C)c3ccccc3Oc3ccccc3)cn2)n1. The van der Waals surface area contributed by atoms with Crippen molar-refractivity contribution in [3.8, 4) is 17.3 Å². The van der Waals surface area contributed by atoms with E-state index in [-0.39, 0.29) is 5.91 Å². The number of aryl methyl sites for hydroxylation is 2. The molecule has 30 heavy (non-hydrogen) atoms. The van der Waals surface area contributed by atoms with Gasteiger partial charge in [-0.05, 0) is 56.3 Å². The zero-order valence-electron chi connectivity index (χ0n) is 17.1. The molecule has 4 aromatic rings. The van der Waals surface area contributed by atoms with Crippen molar-refractivity contribution in [3.63, 3.8) is 0 Å². The van der Waals surface area contributed by atoms with Gasteiger partial charge in [0.1, 0.15) is 5.75 Å². The number of para-hydroxylation sites is 3. The number of hydrogen-bond acceptors (Lipinski definition) is 4. The monoisotopic (exact) mass is 398 g/mol. The van der Waals surface area contributed by atoms with Crippen LogP contribution in [0.5, 0.6) is 11.5 Å². The Kier molecular flexibility index (Phi) is 5.30. The van der Waals surface area contributed by atoms with Crippen molar-refractivity contribution in [2.75, 3.05) is 11.9 Å². The van der Waals surface area contributed by atoms with Crippen LogP contribution in [0.2, 0.25) is 0 Å². The van der Waals surface area contributed by atoms with E-state index in [1.807, 2.05) is 74.5 Å². The molecule has 0 N–H and O–H groups in total. The van der Waals surface area contributed by atoms with Crippen molar-refractivity contribution in [2.45, 2.75) is 13.8 Å². The van der Waals surface area contributed by atoms with Crippen molar-refractivity contribution in [1.29, 1.82) is 0 Å². The Bertz CT molecular complexity index is 1170. The molecule has 0 aliphatic heterocycles. The molecule has 0 bridgehead atoms. The predicted octanol–water partition coefficient (Wildman–Crippen LogP) is 4.95. The smallest absolute Gasteiger partial charge is 0.259 e. The molecular weight excluding hydrogens is 376 g/mol. The van der Waals surface area contributed by atoms with Gasteiger partial charge in [-0.15, -0.1) is 0 Å². The minimum absolute atomic E-state index is 0.175. The lowest BCUT2D eigenvalue weighted by Crippen LogP contribution is -2.26. The van der Waals surface area contributed by atoms with Crippen LogP contribution < -0.4 is 9.64 Å². The number of pyridine rings is 1. The fourth-order valence-electron chi connectivity index (χ4n) is 3.24. The Balaban J connectivity index is 1.58. The summed E-state index contributed by atoms with van der Waals surface area (Å²) in [7, 11) is 1.73. The van der Waals surface area contributed by atoms with Gasteiger partial charge in [0.25, 0.3) is 5.91 Å². The molecule has 0 aliphatic rings. The summed E-state index contributed by atoms with van der Waals surface area (Å²) in [6, 6.07) is 22.5. The number of benzene rings is 2. The molecule has 1 amide bonds. The highest BCUT2D eigenvalue weighted by Gasteiger charge is 2.18. The first-order chi connectivity index (χ1) is 14.5. The number of carbonyl (C=O) groups is 1. The molecule has 2 aromatic carbocycles. The van der Waals surface area contributed by atoms with Gasteiger partial charge < -0.3 is 9.64 Å². The fraction of sp³-hybridized carbons (Fsp3) is 0.125. The summed E-state index contributed by atoms with van der Waals surface area (Å²) in [6.45, 7) is 3.91. The predicted molar refractivity (Wildman–Crippen MR) is 117 cm³/mol. The van der Waals surface area contributed by atoms with Gasteiger partial charge in [-0.1, -0.05) is 30.3 Å². The van der Waals surface area contributed by atoms with Gasteiger partial charge in [-0.3, -0.25) is 4.79 Å². The molecule has 150 valence electrons. The number of aromatic nitrogens is 3. The lowest BCUT2D eigenvalue weighted by molar-refractivity contribution is 0.0992. The highest BCUT2D eigenvalue weighted by atomic mass is 16.5. The quantitative estimate of drug-likeness (QED) is 0.477.